The molecule has 0 amide bonds. The zero-order valence-corrected chi connectivity index (χ0v) is 11.2. The van der Waals surface area contributed by atoms with Crippen molar-refractivity contribution in [2.75, 3.05) is 6.54 Å². The van der Waals surface area contributed by atoms with Crippen LogP contribution in [0.15, 0.2) is 33.7 Å². The number of hydrogen-bond acceptors (Lipinski definition) is 4. The Hall–Kier alpha value is -1.87. The van der Waals surface area contributed by atoms with Crippen molar-refractivity contribution in [1.29, 1.82) is 5.26 Å². The van der Waals surface area contributed by atoms with Crippen LogP contribution in [0.5, 0.6) is 0 Å². The summed E-state index contributed by atoms with van der Waals surface area (Å²) in [6, 6.07) is 5.53. The van der Waals surface area contributed by atoms with Crippen LogP contribution in [0.25, 0.3) is 0 Å². The molecule has 1 saturated heterocycles. The molecule has 0 atom stereocenters. The number of rotatable bonds is 2. The maximum atomic E-state index is 13.7. The Labute approximate surface area is 111 Å². The lowest BCUT2D eigenvalue weighted by molar-refractivity contribution is 0.570. The molecule has 0 bridgehead atoms. The summed E-state index contributed by atoms with van der Waals surface area (Å²) in [4.78, 5) is -0.820. The second-order valence-electron chi connectivity index (χ2n) is 4.39. The molecule has 0 aromatic heterocycles. The molecule has 100 valence electrons. The number of sulfone groups is 1. The zero-order chi connectivity index (χ0) is 14.0. The first-order chi connectivity index (χ1) is 8.96. The number of nitrogens with zero attached hydrogens (tertiary/aromatic N) is 1. The summed E-state index contributed by atoms with van der Waals surface area (Å²) in [5.74, 6) is -0.836. The van der Waals surface area contributed by atoms with E-state index in [1.165, 1.54) is 12.1 Å². The van der Waals surface area contributed by atoms with Gasteiger partial charge in [-0.25, -0.2) is 12.8 Å². The number of benzene rings is 1. The van der Waals surface area contributed by atoms with E-state index in [0.717, 1.165) is 12.5 Å². The van der Waals surface area contributed by atoms with E-state index in [0.29, 0.717) is 24.2 Å². The molecule has 2 rings (SSSR count). The average molecular weight is 280 g/mol. The molecule has 0 unspecified atom stereocenters. The van der Waals surface area contributed by atoms with E-state index < -0.39 is 20.5 Å². The molecule has 0 saturated carbocycles. The van der Waals surface area contributed by atoms with Gasteiger partial charge in [0.05, 0.1) is 0 Å². The second-order valence-corrected chi connectivity index (χ2v) is 6.24. The lowest BCUT2D eigenvalue weighted by Gasteiger charge is -2.08. The van der Waals surface area contributed by atoms with Crippen molar-refractivity contribution in [3.63, 3.8) is 0 Å². The molecule has 0 radical (unpaired) electrons. The minimum absolute atomic E-state index is 0.378. The number of nitriles is 1. The van der Waals surface area contributed by atoms with Gasteiger partial charge in [-0.3, -0.25) is 0 Å². The third-order valence-electron chi connectivity index (χ3n) is 2.96. The fourth-order valence-electron chi connectivity index (χ4n) is 2.00. The van der Waals surface area contributed by atoms with Crippen molar-refractivity contribution in [3.05, 3.63) is 40.2 Å². The van der Waals surface area contributed by atoms with E-state index in [2.05, 4.69) is 5.32 Å². The van der Waals surface area contributed by atoms with E-state index in [1.54, 1.807) is 13.0 Å². The first-order valence-corrected chi connectivity index (χ1v) is 7.33. The molecule has 4 nitrogen and oxygen atoms in total. The zero-order valence-electron chi connectivity index (χ0n) is 10.4. The van der Waals surface area contributed by atoms with Crippen molar-refractivity contribution in [1.82, 2.24) is 5.32 Å². The summed E-state index contributed by atoms with van der Waals surface area (Å²) in [6.07, 6.45) is 1.27. The highest BCUT2D eigenvalue weighted by Crippen LogP contribution is 2.27. The highest BCUT2D eigenvalue weighted by Gasteiger charge is 2.28. The van der Waals surface area contributed by atoms with E-state index >= 15 is 0 Å². The number of aryl methyl sites for hydroxylation is 1. The standard InChI is InChI=1S/C13H13FN2O2S/c1-9-4-5-10(14)12(7-9)19(17,18)13(8-15)11-3-2-6-16-11/h4-5,7,16H,2-3,6H2,1H3. The van der Waals surface area contributed by atoms with Crippen LogP contribution in [0.1, 0.15) is 18.4 Å². The van der Waals surface area contributed by atoms with Gasteiger partial charge in [0.15, 0.2) is 4.91 Å². The van der Waals surface area contributed by atoms with Gasteiger partial charge in [-0.05, 0) is 37.5 Å². The van der Waals surface area contributed by atoms with Crippen LogP contribution in [-0.2, 0) is 9.84 Å². The third kappa shape index (κ3) is 2.47. The fraction of sp³-hybridized carbons (Fsp3) is 0.308. The SMILES string of the molecule is Cc1ccc(F)c(S(=O)(=O)C(C#N)=C2CCCN2)c1. The lowest BCUT2D eigenvalue weighted by Crippen LogP contribution is -2.14. The Morgan fingerprint density at radius 3 is 2.79 bits per heavy atom. The van der Waals surface area contributed by atoms with Crippen LogP contribution in [0, 0.1) is 24.1 Å². The minimum Gasteiger partial charge on any atom is -0.387 e. The predicted molar refractivity (Wildman–Crippen MR) is 68.2 cm³/mol. The first kappa shape index (κ1) is 13.6. The van der Waals surface area contributed by atoms with E-state index in [4.69, 9.17) is 5.26 Å². The molecule has 1 N–H and O–H groups in total. The Morgan fingerprint density at radius 1 is 1.47 bits per heavy atom. The van der Waals surface area contributed by atoms with Crippen LogP contribution in [-0.4, -0.2) is 15.0 Å². The highest BCUT2D eigenvalue weighted by molar-refractivity contribution is 7.95. The first-order valence-electron chi connectivity index (χ1n) is 5.85. The number of allylic oxidation sites excluding steroid dienone is 2. The maximum Gasteiger partial charge on any atom is 0.221 e. The summed E-state index contributed by atoms with van der Waals surface area (Å²) in [5, 5.41) is 12.0. The predicted octanol–water partition coefficient (Wildman–Crippen LogP) is 2.03. The van der Waals surface area contributed by atoms with Crippen LogP contribution in [0.3, 0.4) is 0 Å². The molecule has 1 aromatic carbocycles. The molecule has 0 spiro atoms. The van der Waals surface area contributed by atoms with Gasteiger partial charge in [0, 0.05) is 12.2 Å². The summed E-state index contributed by atoms with van der Waals surface area (Å²) < 4.78 is 38.4. The van der Waals surface area contributed by atoms with E-state index in [9.17, 15) is 12.8 Å². The molecule has 0 aliphatic carbocycles. The molecule has 19 heavy (non-hydrogen) atoms. The number of hydrogen-bond donors (Lipinski definition) is 1. The average Bonchev–Trinajstić information content (AvgIpc) is 2.86. The topological polar surface area (TPSA) is 70.0 Å². The summed E-state index contributed by atoms with van der Waals surface area (Å²) in [6.45, 7) is 2.30. The second kappa shape index (κ2) is 5.02. The number of halogens is 1. The maximum absolute atomic E-state index is 13.7. The van der Waals surface area contributed by atoms with Gasteiger partial charge in [-0.1, -0.05) is 6.07 Å². The summed E-state index contributed by atoms with van der Waals surface area (Å²) in [5.41, 5.74) is 1.00. The summed E-state index contributed by atoms with van der Waals surface area (Å²) in [7, 11) is -4.11. The van der Waals surface area contributed by atoms with Crippen LogP contribution in [0.2, 0.25) is 0 Å². The Kier molecular flexibility index (Phi) is 3.58. The van der Waals surface area contributed by atoms with Gasteiger partial charge in [-0.2, -0.15) is 5.26 Å². The molecule has 1 heterocycles. The van der Waals surface area contributed by atoms with Crippen LogP contribution >= 0.6 is 0 Å². The largest absolute Gasteiger partial charge is 0.387 e. The Bertz CT molecular complexity index is 679. The quantitative estimate of drug-likeness (QED) is 0.841. The van der Waals surface area contributed by atoms with Gasteiger partial charge >= 0.3 is 0 Å². The summed E-state index contributed by atoms with van der Waals surface area (Å²) >= 11 is 0. The normalized spacial score (nSPS) is 17.7. The van der Waals surface area contributed by atoms with Crippen molar-refractivity contribution in [3.8, 4) is 6.07 Å². The van der Waals surface area contributed by atoms with E-state index in [1.807, 2.05) is 0 Å². The van der Waals surface area contributed by atoms with Gasteiger partial charge in [0.1, 0.15) is 16.8 Å². The van der Waals surface area contributed by atoms with Crippen molar-refractivity contribution in [2.24, 2.45) is 0 Å². The van der Waals surface area contributed by atoms with E-state index in [-0.39, 0.29) is 4.91 Å². The lowest BCUT2D eigenvalue weighted by atomic mass is 10.2. The Balaban J connectivity index is 2.62. The van der Waals surface area contributed by atoms with Crippen molar-refractivity contribution >= 4 is 9.84 Å². The van der Waals surface area contributed by atoms with Gasteiger partial charge in [0.2, 0.25) is 9.84 Å². The van der Waals surface area contributed by atoms with Crippen LogP contribution in [0.4, 0.5) is 4.39 Å². The Morgan fingerprint density at radius 2 is 2.21 bits per heavy atom. The fourth-order valence-corrected chi connectivity index (χ4v) is 3.51. The molecule has 1 aliphatic heterocycles. The highest BCUT2D eigenvalue weighted by atomic mass is 32.2. The minimum atomic E-state index is -4.11. The van der Waals surface area contributed by atoms with Gasteiger partial charge < -0.3 is 5.32 Å². The monoisotopic (exact) mass is 280 g/mol. The molecule has 6 heteroatoms. The van der Waals surface area contributed by atoms with Crippen molar-refractivity contribution in [2.45, 2.75) is 24.7 Å². The molecular formula is C13H13FN2O2S. The van der Waals surface area contributed by atoms with Gasteiger partial charge in [-0.15, -0.1) is 0 Å². The van der Waals surface area contributed by atoms with Crippen molar-refractivity contribution < 1.29 is 12.8 Å². The molecular weight excluding hydrogens is 267 g/mol. The van der Waals surface area contributed by atoms with Crippen LogP contribution < -0.4 is 5.32 Å². The molecule has 1 aromatic rings. The number of nitrogens with one attached hydrogen (secondary N) is 1. The smallest absolute Gasteiger partial charge is 0.221 e. The molecule has 1 fully saturated rings. The van der Waals surface area contributed by atoms with Gasteiger partial charge in [0.25, 0.3) is 0 Å². The molecule has 1 aliphatic rings. The third-order valence-corrected chi connectivity index (χ3v) is 4.73.